The minimum Gasteiger partial charge on any atom is -0.353 e. The van der Waals surface area contributed by atoms with Crippen LogP contribution in [-0.4, -0.2) is 60.4 Å². The number of hydrogen-bond acceptors (Lipinski definition) is 3. The van der Waals surface area contributed by atoms with Gasteiger partial charge in [0.15, 0.2) is 0 Å². The van der Waals surface area contributed by atoms with Crippen LogP contribution in [0, 0.1) is 6.92 Å². The Labute approximate surface area is 138 Å². The Bertz CT molecular complexity index is 534. The number of carbonyl (C=O) groups is 2. The summed E-state index contributed by atoms with van der Waals surface area (Å²) in [6.07, 6.45) is 0.935. The molecule has 23 heavy (non-hydrogen) atoms. The van der Waals surface area contributed by atoms with Crippen LogP contribution in [0.15, 0.2) is 24.3 Å². The number of nitrogens with one attached hydrogen (secondary N) is 1. The molecule has 0 saturated carbocycles. The smallest absolute Gasteiger partial charge is 0.253 e. The lowest BCUT2D eigenvalue weighted by Crippen LogP contribution is -2.51. The third-order valence-electron chi connectivity index (χ3n) is 4.34. The van der Waals surface area contributed by atoms with Crippen LogP contribution in [0.1, 0.15) is 36.2 Å². The molecule has 1 aromatic carbocycles. The maximum atomic E-state index is 12.5. The second kappa shape index (κ2) is 8.11. The lowest BCUT2D eigenvalue weighted by molar-refractivity contribution is -0.123. The van der Waals surface area contributed by atoms with Gasteiger partial charge in [0.05, 0.1) is 6.54 Å². The molecule has 2 amide bonds. The van der Waals surface area contributed by atoms with Gasteiger partial charge in [-0.15, -0.1) is 0 Å². The topological polar surface area (TPSA) is 52.7 Å². The van der Waals surface area contributed by atoms with Crippen LogP contribution in [0.5, 0.6) is 0 Å². The van der Waals surface area contributed by atoms with Crippen LogP contribution in [0.25, 0.3) is 0 Å². The molecule has 2 rings (SSSR count). The predicted molar refractivity (Wildman–Crippen MR) is 91.4 cm³/mol. The van der Waals surface area contributed by atoms with Crippen molar-refractivity contribution in [2.24, 2.45) is 0 Å². The van der Waals surface area contributed by atoms with Gasteiger partial charge in [-0.25, -0.2) is 0 Å². The van der Waals surface area contributed by atoms with Crippen molar-refractivity contribution < 1.29 is 9.59 Å². The second-order valence-corrected chi connectivity index (χ2v) is 6.31. The molecular weight excluding hydrogens is 290 g/mol. The van der Waals surface area contributed by atoms with Crippen molar-refractivity contribution in [3.05, 3.63) is 35.4 Å². The number of carbonyl (C=O) groups excluding carboxylic acids is 2. The molecule has 5 nitrogen and oxygen atoms in total. The molecule has 1 heterocycles. The Morgan fingerprint density at radius 3 is 2.30 bits per heavy atom. The number of hydrogen-bond donors (Lipinski definition) is 1. The third-order valence-corrected chi connectivity index (χ3v) is 4.34. The molecule has 0 radical (unpaired) electrons. The number of benzene rings is 1. The Kier molecular flexibility index (Phi) is 6.16. The Morgan fingerprint density at radius 1 is 1.13 bits per heavy atom. The van der Waals surface area contributed by atoms with E-state index in [1.54, 1.807) is 0 Å². The van der Waals surface area contributed by atoms with Gasteiger partial charge < -0.3 is 10.2 Å². The van der Waals surface area contributed by atoms with E-state index in [4.69, 9.17) is 0 Å². The standard InChI is InChI=1S/C18H27N3O2/c1-4-15(3)19-17(22)13-20-9-11-21(12-10-20)18(23)16-7-5-14(2)6-8-16/h5-8,15H,4,9-13H2,1-3H3,(H,19,22). The zero-order valence-corrected chi connectivity index (χ0v) is 14.3. The molecule has 1 fully saturated rings. The largest absolute Gasteiger partial charge is 0.353 e. The van der Waals surface area contributed by atoms with Crippen molar-refractivity contribution in [3.8, 4) is 0 Å². The lowest BCUT2D eigenvalue weighted by atomic mass is 10.1. The maximum absolute atomic E-state index is 12.5. The zero-order valence-electron chi connectivity index (χ0n) is 14.3. The number of amides is 2. The Hall–Kier alpha value is -1.88. The highest BCUT2D eigenvalue weighted by Gasteiger charge is 2.23. The minimum absolute atomic E-state index is 0.0673. The summed E-state index contributed by atoms with van der Waals surface area (Å²) in [5, 5.41) is 2.98. The van der Waals surface area contributed by atoms with E-state index in [1.165, 1.54) is 0 Å². The van der Waals surface area contributed by atoms with E-state index in [-0.39, 0.29) is 17.9 Å². The second-order valence-electron chi connectivity index (χ2n) is 6.31. The van der Waals surface area contributed by atoms with Crippen molar-refractivity contribution in [1.29, 1.82) is 0 Å². The number of nitrogens with zero attached hydrogens (tertiary/aromatic N) is 2. The van der Waals surface area contributed by atoms with Crippen LogP contribution in [0.2, 0.25) is 0 Å². The first-order valence-electron chi connectivity index (χ1n) is 8.37. The lowest BCUT2D eigenvalue weighted by Gasteiger charge is -2.34. The van der Waals surface area contributed by atoms with E-state index < -0.39 is 0 Å². The molecule has 1 aliphatic heterocycles. The Balaban J connectivity index is 1.80. The summed E-state index contributed by atoms with van der Waals surface area (Å²) < 4.78 is 0. The summed E-state index contributed by atoms with van der Waals surface area (Å²) in [5.74, 6) is 0.145. The molecule has 0 aromatic heterocycles. The summed E-state index contributed by atoms with van der Waals surface area (Å²) in [6.45, 7) is 9.31. The molecule has 126 valence electrons. The van der Waals surface area contributed by atoms with Gasteiger partial charge in [-0.05, 0) is 32.4 Å². The number of aryl methyl sites for hydroxylation is 1. The highest BCUT2D eigenvalue weighted by molar-refractivity contribution is 5.94. The fourth-order valence-corrected chi connectivity index (χ4v) is 2.61. The quantitative estimate of drug-likeness (QED) is 0.899. The number of piperazine rings is 1. The summed E-state index contributed by atoms with van der Waals surface area (Å²) in [5.41, 5.74) is 1.89. The van der Waals surface area contributed by atoms with E-state index in [1.807, 2.05) is 43.0 Å². The van der Waals surface area contributed by atoms with Crippen LogP contribution in [-0.2, 0) is 4.79 Å². The first-order chi connectivity index (χ1) is 11.0. The fourth-order valence-electron chi connectivity index (χ4n) is 2.61. The highest BCUT2D eigenvalue weighted by atomic mass is 16.2. The van der Waals surface area contributed by atoms with Gasteiger partial charge in [0.1, 0.15) is 0 Å². The Morgan fingerprint density at radius 2 is 1.74 bits per heavy atom. The van der Waals surface area contributed by atoms with Crippen molar-refractivity contribution >= 4 is 11.8 Å². The van der Waals surface area contributed by atoms with Crippen LogP contribution in [0.4, 0.5) is 0 Å². The zero-order chi connectivity index (χ0) is 16.8. The summed E-state index contributed by atoms with van der Waals surface area (Å²) in [4.78, 5) is 28.3. The van der Waals surface area contributed by atoms with Gasteiger partial charge >= 0.3 is 0 Å². The van der Waals surface area contributed by atoms with Gasteiger partial charge in [-0.3, -0.25) is 14.5 Å². The van der Waals surface area contributed by atoms with E-state index in [0.29, 0.717) is 19.6 Å². The van der Waals surface area contributed by atoms with Gasteiger partial charge in [-0.1, -0.05) is 24.6 Å². The van der Waals surface area contributed by atoms with E-state index in [2.05, 4.69) is 17.1 Å². The predicted octanol–water partition coefficient (Wildman–Crippen LogP) is 1.67. The molecule has 0 aliphatic carbocycles. The molecule has 1 aromatic rings. The molecule has 5 heteroatoms. The van der Waals surface area contributed by atoms with Crippen LogP contribution in [0.3, 0.4) is 0 Å². The summed E-state index contributed by atoms with van der Waals surface area (Å²) in [6, 6.07) is 7.89. The molecule has 1 aliphatic rings. The van der Waals surface area contributed by atoms with Gasteiger partial charge in [-0.2, -0.15) is 0 Å². The van der Waals surface area contributed by atoms with Gasteiger partial charge in [0, 0.05) is 37.8 Å². The first kappa shape index (κ1) is 17.5. The average molecular weight is 317 g/mol. The van der Waals surface area contributed by atoms with Gasteiger partial charge in [0.2, 0.25) is 5.91 Å². The normalized spacial score (nSPS) is 16.9. The summed E-state index contributed by atoms with van der Waals surface area (Å²) in [7, 11) is 0. The van der Waals surface area contributed by atoms with Crippen molar-refractivity contribution in [2.45, 2.75) is 33.2 Å². The molecule has 1 atom stereocenters. The maximum Gasteiger partial charge on any atom is 0.253 e. The van der Waals surface area contributed by atoms with E-state index >= 15 is 0 Å². The SMILES string of the molecule is CCC(C)NC(=O)CN1CCN(C(=O)c2ccc(C)cc2)CC1. The number of rotatable bonds is 5. The highest BCUT2D eigenvalue weighted by Crippen LogP contribution is 2.10. The van der Waals surface area contributed by atoms with Crippen molar-refractivity contribution in [3.63, 3.8) is 0 Å². The molecule has 1 unspecified atom stereocenters. The molecule has 0 bridgehead atoms. The van der Waals surface area contributed by atoms with Gasteiger partial charge in [0.25, 0.3) is 5.91 Å². The minimum atomic E-state index is 0.0673. The van der Waals surface area contributed by atoms with E-state index in [0.717, 1.165) is 30.6 Å². The first-order valence-corrected chi connectivity index (χ1v) is 8.37. The molecule has 0 spiro atoms. The van der Waals surface area contributed by atoms with Crippen molar-refractivity contribution in [1.82, 2.24) is 15.1 Å². The van der Waals surface area contributed by atoms with Crippen molar-refractivity contribution in [2.75, 3.05) is 32.7 Å². The van der Waals surface area contributed by atoms with E-state index in [9.17, 15) is 9.59 Å². The van der Waals surface area contributed by atoms with Crippen LogP contribution < -0.4 is 5.32 Å². The molecule has 1 N–H and O–H groups in total. The van der Waals surface area contributed by atoms with Crippen LogP contribution >= 0.6 is 0 Å². The molecule has 1 saturated heterocycles. The monoisotopic (exact) mass is 317 g/mol. The average Bonchev–Trinajstić information content (AvgIpc) is 2.55. The fraction of sp³-hybridized carbons (Fsp3) is 0.556. The summed E-state index contributed by atoms with van der Waals surface area (Å²) >= 11 is 0. The third kappa shape index (κ3) is 5.06. The molecular formula is C18H27N3O2.